The molecule has 5 rings (SSSR count). The molecule has 0 saturated carbocycles. The van der Waals surface area contributed by atoms with E-state index in [-0.39, 0.29) is 29.9 Å². The van der Waals surface area contributed by atoms with Crippen molar-refractivity contribution in [3.63, 3.8) is 0 Å². The molecule has 42 heavy (non-hydrogen) atoms. The number of hydrogen-bond acceptors (Lipinski definition) is 4. The number of guanidine groups is 1. The molecule has 1 aromatic heterocycles. The minimum absolute atomic E-state index is 0.0331. The molecule has 0 bridgehead atoms. The molecule has 0 unspecified atom stereocenters. The van der Waals surface area contributed by atoms with Gasteiger partial charge in [-0.05, 0) is 60.4 Å². The second-order valence-electron chi connectivity index (χ2n) is 10.8. The second kappa shape index (κ2) is 12.9. The Balaban J connectivity index is 1.35. The van der Waals surface area contributed by atoms with Crippen LogP contribution in [-0.4, -0.2) is 59.3 Å². The highest BCUT2D eigenvalue weighted by atomic mass is 35.5. The van der Waals surface area contributed by atoms with Gasteiger partial charge in [0.1, 0.15) is 0 Å². The van der Waals surface area contributed by atoms with Gasteiger partial charge in [-0.15, -0.1) is 0 Å². The Morgan fingerprint density at radius 1 is 1.02 bits per heavy atom. The number of thiazole rings is 1. The van der Waals surface area contributed by atoms with E-state index in [1.807, 2.05) is 66.1 Å². The van der Waals surface area contributed by atoms with Gasteiger partial charge in [0.05, 0.1) is 12.0 Å². The lowest BCUT2D eigenvalue weighted by molar-refractivity contribution is -0.367. The molecule has 218 valence electrons. The molecule has 8 nitrogen and oxygen atoms in total. The number of hydrogen-bond donors (Lipinski definition) is 2. The van der Waals surface area contributed by atoms with E-state index in [9.17, 15) is 9.59 Å². The van der Waals surface area contributed by atoms with Gasteiger partial charge in [-0.2, -0.15) is 4.98 Å². The summed E-state index contributed by atoms with van der Waals surface area (Å²) in [6.07, 6.45) is 1.68. The van der Waals surface area contributed by atoms with Crippen LogP contribution in [0.1, 0.15) is 40.7 Å². The number of nitrogens with zero attached hydrogens (tertiary/aromatic N) is 3. The fraction of sp³-hybridized carbons (Fsp3) is 0.312. The molecule has 3 aromatic carbocycles. The van der Waals surface area contributed by atoms with Crippen LogP contribution in [0, 0.1) is 6.92 Å². The first-order valence-corrected chi connectivity index (χ1v) is 15.3. The molecule has 1 fully saturated rings. The van der Waals surface area contributed by atoms with Crippen molar-refractivity contribution in [3.05, 3.63) is 87.9 Å². The van der Waals surface area contributed by atoms with Gasteiger partial charge in [-0.3, -0.25) is 14.6 Å². The van der Waals surface area contributed by atoms with E-state index in [0.717, 1.165) is 32.6 Å². The lowest BCUT2D eigenvalue weighted by atomic mass is 10.00. The lowest BCUT2D eigenvalue weighted by Gasteiger charge is -2.45. The summed E-state index contributed by atoms with van der Waals surface area (Å²) in [4.78, 5) is 39.7. The third kappa shape index (κ3) is 6.74. The zero-order valence-electron chi connectivity index (χ0n) is 23.8. The number of nitrogens with two attached hydrogens (primary N) is 2. The summed E-state index contributed by atoms with van der Waals surface area (Å²) in [5.41, 5.74) is 13.8. The number of H-pyrrole nitrogens is 1. The average Bonchev–Trinajstić information content (AvgIpc) is 3.36. The number of halogens is 1. The molecule has 2 atom stereocenters. The van der Waals surface area contributed by atoms with Gasteiger partial charge in [-0.25, -0.2) is 0 Å². The Kier molecular flexibility index (Phi) is 9.09. The van der Waals surface area contributed by atoms with Crippen LogP contribution in [0.4, 0.5) is 0 Å². The number of benzene rings is 3. The standard InChI is InChI=1S/C32H35ClN6O2S/c1-20-18-39(31(41)29-21(2)37-30(42-29)24-11-13-26(33)14-12-24)27(8-5-15-36-32(34)35)19-38(20)28(40)17-22-9-10-23-6-3-4-7-25(23)16-22/h3-4,6-7,9-14,16,20,27H,5,8,15,17-19H2,1-2H3,(H4,34,35,36)/p+1/t20-,27+/m1/s1. The molecule has 5 N–H and O–H groups in total. The molecule has 10 heteroatoms. The monoisotopic (exact) mass is 603 g/mol. The number of rotatable bonds is 8. The Morgan fingerprint density at radius 3 is 2.50 bits per heavy atom. The maximum atomic E-state index is 14.0. The summed E-state index contributed by atoms with van der Waals surface area (Å²) < 4.78 is 0. The van der Waals surface area contributed by atoms with Crippen molar-refractivity contribution in [2.24, 2.45) is 16.5 Å². The average molecular weight is 604 g/mol. The molecule has 2 amide bonds. The number of amides is 2. The maximum absolute atomic E-state index is 14.0. The third-order valence-corrected chi connectivity index (χ3v) is 9.21. The quantitative estimate of drug-likeness (QED) is 0.173. The van der Waals surface area contributed by atoms with E-state index in [4.69, 9.17) is 23.1 Å². The molecule has 1 aliphatic heterocycles. The van der Waals surface area contributed by atoms with Crippen LogP contribution in [0.25, 0.3) is 21.3 Å². The van der Waals surface area contributed by atoms with Crippen LogP contribution in [-0.2, 0) is 11.2 Å². The number of nitrogens with one attached hydrogen (secondary N) is 1. The first-order valence-electron chi connectivity index (χ1n) is 14.1. The van der Waals surface area contributed by atoms with Crippen molar-refractivity contribution in [2.75, 3.05) is 19.6 Å². The largest absolute Gasteiger partial charge is 0.370 e. The number of aryl methyl sites for hydroxylation is 1. The van der Waals surface area contributed by atoms with Crippen molar-refractivity contribution in [3.8, 4) is 10.6 Å². The minimum atomic E-state index is -0.163. The molecule has 1 aliphatic rings. The van der Waals surface area contributed by atoms with Crippen molar-refractivity contribution >= 4 is 51.5 Å². The Bertz CT molecular complexity index is 1620. The van der Waals surface area contributed by atoms with E-state index in [1.54, 1.807) is 0 Å². The predicted molar refractivity (Wildman–Crippen MR) is 170 cm³/mol. The number of carbonyl (C=O) groups is 2. The van der Waals surface area contributed by atoms with Crippen LogP contribution >= 0.6 is 22.9 Å². The van der Waals surface area contributed by atoms with Gasteiger partial charge in [0, 0.05) is 43.7 Å². The van der Waals surface area contributed by atoms with E-state index in [0.29, 0.717) is 48.8 Å². The van der Waals surface area contributed by atoms with Crippen molar-refractivity contribution in [1.29, 1.82) is 0 Å². The predicted octanol–water partition coefficient (Wildman–Crippen LogP) is 4.68. The molecule has 1 saturated heterocycles. The van der Waals surface area contributed by atoms with Crippen molar-refractivity contribution < 1.29 is 14.6 Å². The van der Waals surface area contributed by atoms with Crippen LogP contribution < -0.4 is 16.5 Å². The zero-order chi connectivity index (χ0) is 29.8. The van der Waals surface area contributed by atoms with Gasteiger partial charge in [0.15, 0.2) is 10.8 Å². The molecule has 4 aromatic rings. The summed E-state index contributed by atoms with van der Waals surface area (Å²) in [6.45, 7) is 5.31. The van der Waals surface area contributed by atoms with Crippen LogP contribution in [0.5, 0.6) is 0 Å². The summed E-state index contributed by atoms with van der Waals surface area (Å²) in [6, 6.07) is 21.6. The highest BCUT2D eigenvalue weighted by Gasteiger charge is 2.38. The zero-order valence-corrected chi connectivity index (χ0v) is 25.4. The van der Waals surface area contributed by atoms with Gasteiger partial charge in [0.25, 0.3) is 10.9 Å². The fourth-order valence-corrected chi connectivity index (χ4v) is 6.74. The first kappa shape index (κ1) is 29.5. The lowest BCUT2D eigenvalue weighted by Crippen LogP contribution is -2.60. The topological polar surface area (TPSA) is 119 Å². The first-order chi connectivity index (χ1) is 20.2. The summed E-state index contributed by atoms with van der Waals surface area (Å²) in [7, 11) is 0. The van der Waals surface area contributed by atoms with Gasteiger partial charge in [0.2, 0.25) is 11.6 Å². The minimum Gasteiger partial charge on any atom is -0.370 e. The van der Waals surface area contributed by atoms with E-state index >= 15 is 0 Å². The number of aliphatic imine (C=N–C) groups is 1. The second-order valence-corrected chi connectivity index (χ2v) is 12.3. The Labute approximate surface area is 255 Å². The highest BCUT2D eigenvalue weighted by Crippen LogP contribution is 2.29. The molecular formula is C32H36ClN6O2S+. The highest BCUT2D eigenvalue weighted by molar-refractivity contribution is 7.16. The van der Waals surface area contributed by atoms with Crippen LogP contribution in [0.2, 0.25) is 5.02 Å². The van der Waals surface area contributed by atoms with E-state index < -0.39 is 0 Å². The van der Waals surface area contributed by atoms with Gasteiger partial charge in [-0.1, -0.05) is 65.4 Å². The van der Waals surface area contributed by atoms with Crippen molar-refractivity contribution in [1.82, 2.24) is 9.80 Å². The molecular weight excluding hydrogens is 568 g/mol. The van der Waals surface area contributed by atoms with Crippen molar-refractivity contribution in [2.45, 2.75) is 45.2 Å². The van der Waals surface area contributed by atoms with Crippen LogP contribution in [0.3, 0.4) is 0 Å². The number of carbonyl (C=O) groups excluding carboxylic acids is 2. The Hall–Kier alpha value is -3.95. The summed E-state index contributed by atoms with van der Waals surface area (Å²) in [5.74, 6) is 0.0749. The molecule has 2 heterocycles. The smallest absolute Gasteiger partial charge is 0.271 e. The summed E-state index contributed by atoms with van der Waals surface area (Å²) >= 11 is 7.51. The number of fused-ring (bicyclic) bond motifs is 1. The number of piperazine rings is 1. The Morgan fingerprint density at radius 2 is 1.76 bits per heavy atom. The number of aromatic nitrogens is 1. The van der Waals surface area contributed by atoms with E-state index in [2.05, 4.69) is 34.2 Å². The SMILES string of the molecule is Cc1[nH+]c(-c2ccc(Cl)cc2)sc1C(=O)N1C[C@@H](C)N(C(=O)Cc2ccc3ccccc3c2)C[C@@H]1CCCN=C(N)N. The van der Waals surface area contributed by atoms with Gasteiger partial charge >= 0.3 is 0 Å². The summed E-state index contributed by atoms with van der Waals surface area (Å²) in [5, 5.41) is 3.82. The van der Waals surface area contributed by atoms with Crippen LogP contribution in [0.15, 0.2) is 71.7 Å². The maximum Gasteiger partial charge on any atom is 0.271 e. The normalized spacial score (nSPS) is 16.9. The third-order valence-electron chi connectivity index (χ3n) is 7.73. The molecule has 0 spiro atoms. The number of aromatic amines is 1. The molecule has 0 aliphatic carbocycles. The van der Waals surface area contributed by atoms with Gasteiger partial charge < -0.3 is 21.3 Å². The van der Waals surface area contributed by atoms with E-state index in [1.165, 1.54) is 11.3 Å². The molecule has 0 radical (unpaired) electrons. The fourth-order valence-electron chi connectivity index (χ4n) is 5.54.